The summed E-state index contributed by atoms with van der Waals surface area (Å²) in [6.45, 7) is 2.37. The number of nitrogens with one attached hydrogen (secondary N) is 1. The molecule has 0 bridgehead atoms. The van der Waals surface area contributed by atoms with Gasteiger partial charge < -0.3 is 19.6 Å². The van der Waals surface area contributed by atoms with Crippen molar-refractivity contribution in [2.45, 2.75) is 13.3 Å². The van der Waals surface area contributed by atoms with Crippen LogP contribution in [0.4, 0.5) is 4.39 Å². The molecule has 0 atom stereocenters. The van der Waals surface area contributed by atoms with Crippen molar-refractivity contribution in [3.8, 4) is 22.8 Å². The van der Waals surface area contributed by atoms with E-state index in [0.29, 0.717) is 45.8 Å². The van der Waals surface area contributed by atoms with Gasteiger partial charge in [0.25, 0.3) is 0 Å². The lowest BCUT2D eigenvalue weighted by molar-refractivity contribution is -0.136. The van der Waals surface area contributed by atoms with E-state index in [-0.39, 0.29) is 6.42 Å². The minimum absolute atomic E-state index is 0.214. The Kier molecular flexibility index (Phi) is 4.61. The summed E-state index contributed by atoms with van der Waals surface area (Å²) in [6, 6.07) is 9.92. The largest absolute Gasteiger partial charge is 0.493 e. The normalized spacial score (nSPS) is 10.8. The number of hydrogen-bond donors (Lipinski definition) is 2. The van der Waals surface area contributed by atoms with E-state index in [1.807, 2.05) is 6.92 Å². The molecule has 0 fully saturated rings. The third-order valence-corrected chi connectivity index (χ3v) is 3.97. The van der Waals surface area contributed by atoms with Crippen molar-refractivity contribution in [1.82, 2.24) is 4.98 Å². The first-order chi connectivity index (χ1) is 12.0. The van der Waals surface area contributed by atoms with Gasteiger partial charge in [0.15, 0.2) is 11.5 Å². The van der Waals surface area contributed by atoms with Crippen molar-refractivity contribution >= 4 is 16.9 Å². The van der Waals surface area contributed by atoms with Crippen LogP contribution in [0.25, 0.3) is 22.2 Å². The highest BCUT2D eigenvalue weighted by molar-refractivity contribution is 5.94. The zero-order valence-corrected chi connectivity index (χ0v) is 13.9. The highest BCUT2D eigenvalue weighted by atomic mass is 19.1. The molecule has 3 aromatic rings. The van der Waals surface area contributed by atoms with Crippen molar-refractivity contribution in [2.75, 3.05) is 13.7 Å². The van der Waals surface area contributed by atoms with Crippen molar-refractivity contribution in [3.05, 3.63) is 47.8 Å². The number of ether oxygens (including phenoxy) is 2. The van der Waals surface area contributed by atoms with Gasteiger partial charge in [-0.05, 0) is 36.8 Å². The SMILES string of the molecule is CCOc1ccc(-c2[nH]c3c(F)cccc3c2CC(=O)O)cc1OC. The van der Waals surface area contributed by atoms with Crippen LogP contribution in [0.15, 0.2) is 36.4 Å². The Morgan fingerprint density at radius 1 is 1.24 bits per heavy atom. The molecule has 0 radical (unpaired) electrons. The Hall–Kier alpha value is -3.02. The molecule has 0 aliphatic rings. The van der Waals surface area contributed by atoms with E-state index in [1.165, 1.54) is 13.2 Å². The Balaban J connectivity index is 2.20. The molecule has 0 saturated carbocycles. The van der Waals surface area contributed by atoms with E-state index in [4.69, 9.17) is 9.47 Å². The molecule has 3 rings (SSSR count). The van der Waals surface area contributed by atoms with E-state index in [1.54, 1.807) is 30.3 Å². The number of aliphatic carboxylic acids is 1. The van der Waals surface area contributed by atoms with Crippen molar-refractivity contribution in [2.24, 2.45) is 0 Å². The van der Waals surface area contributed by atoms with E-state index in [0.717, 1.165) is 0 Å². The van der Waals surface area contributed by atoms with Gasteiger partial charge in [-0.3, -0.25) is 4.79 Å². The van der Waals surface area contributed by atoms with Crippen LogP contribution < -0.4 is 9.47 Å². The van der Waals surface area contributed by atoms with Gasteiger partial charge in [-0.15, -0.1) is 0 Å². The predicted octanol–water partition coefficient (Wildman–Crippen LogP) is 4.01. The molecule has 6 heteroatoms. The van der Waals surface area contributed by atoms with Gasteiger partial charge in [0.2, 0.25) is 0 Å². The highest BCUT2D eigenvalue weighted by Crippen LogP contribution is 2.36. The maximum absolute atomic E-state index is 14.1. The molecule has 0 aliphatic heterocycles. The van der Waals surface area contributed by atoms with Crippen LogP contribution in [0.1, 0.15) is 12.5 Å². The third-order valence-electron chi connectivity index (χ3n) is 3.97. The Morgan fingerprint density at radius 2 is 2.04 bits per heavy atom. The number of aromatic amines is 1. The summed E-state index contributed by atoms with van der Waals surface area (Å²) in [5, 5.41) is 9.81. The van der Waals surface area contributed by atoms with Crippen LogP contribution in [0.2, 0.25) is 0 Å². The molecular formula is C19H18FNO4. The summed E-state index contributed by atoms with van der Waals surface area (Å²) in [5.41, 5.74) is 2.09. The number of fused-ring (bicyclic) bond motifs is 1. The summed E-state index contributed by atoms with van der Waals surface area (Å²) in [4.78, 5) is 14.3. The van der Waals surface area contributed by atoms with Crippen LogP contribution in [0.5, 0.6) is 11.5 Å². The van der Waals surface area contributed by atoms with Crippen LogP contribution in [0, 0.1) is 5.82 Å². The number of carboxylic acid groups (broad SMARTS) is 1. The zero-order chi connectivity index (χ0) is 18.0. The van der Waals surface area contributed by atoms with Crippen LogP contribution in [-0.2, 0) is 11.2 Å². The Labute approximate surface area is 144 Å². The van der Waals surface area contributed by atoms with E-state index in [9.17, 15) is 14.3 Å². The first-order valence-corrected chi connectivity index (χ1v) is 7.87. The molecule has 2 N–H and O–H groups in total. The summed E-state index contributed by atoms with van der Waals surface area (Å²) in [6.07, 6.45) is -0.214. The van der Waals surface area contributed by atoms with Crippen LogP contribution in [0.3, 0.4) is 0 Å². The Morgan fingerprint density at radius 3 is 2.72 bits per heavy atom. The second kappa shape index (κ2) is 6.84. The predicted molar refractivity (Wildman–Crippen MR) is 92.8 cm³/mol. The number of carbonyl (C=O) groups is 1. The first-order valence-electron chi connectivity index (χ1n) is 7.87. The average Bonchev–Trinajstić information content (AvgIpc) is 2.95. The van der Waals surface area contributed by atoms with E-state index >= 15 is 0 Å². The number of para-hydroxylation sites is 1. The number of halogens is 1. The topological polar surface area (TPSA) is 71.6 Å². The molecular weight excluding hydrogens is 325 g/mol. The first kappa shape index (κ1) is 16.8. The van der Waals surface area contributed by atoms with E-state index in [2.05, 4.69) is 4.98 Å². The number of methoxy groups -OCH3 is 1. The summed E-state index contributed by atoms with van der Waals surface area (Å²) in [7, 11) is 1.53. The van der Waals surface area contributed by atoms with Gasteiger partial charge in [-0.25, -0.2) is 4.39 Å². The lowest BCUT2D eigenvalue weighted by Gasteiger charge is -2.11. The molecule has 25 heavy (non-hydrogen) atoms. The summed E-state index contributed by atoms with van der Waals surface area (Å²) < 4.78 is 25.0. The minimum atomic E-state index is -0.982. The fraction of sp³-hybridized carbons (Fsp3) is 0.211. The monoisotopic (exact) mass is 343 g/mol. The number of H-pyrrole nitrogens is 1. The lowest BCUT2D eigenvalue weighted by Crippen LogP contribution is -2.01. The molecule has 0 spiro atoms. The highest BCUT2D eigenvalue weighted by Gasteiger charge is 2.19. The third kappa shape index (κ3) is 3.15. The average molecular weight is 343 g/mol. The standard InChI is InChI=1S/C19H18FNO4/c1-3-25-15-8-7-11(9-16(15)24-2)18-13(10-17(22)23)12-5-4-6-14(20)19(12)21-18/h4-9,21H,3,10H2,1-2H3,(H,22,23). The molecule has 0 amide bonds. The van der Waals surface area contributed by atoms with Gasteiger partial charge in [0.1, 0.15) is 5.82 Å². The second-order valence-electron chi connectivity index (χ2n) is 5.51. The van der Waals surface area contributed by atoms with Crippen molar-refractivity contribution < 1.29 is 23.8 Å². The quantitative estimate of drug-likeness (QED) is 0.709. The number of aromatic nitrogens is 1. The molecule has 0 saturated heterocycles. The maximum Gasteiger partial charge on any atom is 0.307 e. The molecule has 2 aromatic carbocycles. The van der Waals surface area contributed by atoms with Crippen molar-refractivity contribution in [1.29, 1.82) is 0 Å². The smallest absolute Gasteiger partial charge is 0.307 e. The molecule has 1 aromatic heterocycles. The molecule has 5 nitrogen and oxygen atoms in total. The number of rotatable bonds is 6. The molecule has 0 aliphatic carbocycles. The van der Waals surface area contributed by atoms with Crippen LogP contribution in [-0.4, -0.2) is 29.8 Å². The molecule has 1 heterocycles. The zero-order valence-electron chi connectivity index (χ0n) is 13.9. The number of carboxylic acids is 1. The van der Waals surface area contributed by atoms with Gasteiger partial charge in [0.05, 0.1) is 31.3 Å². The summed E-state index contributed by atoms with van der Waals surface area (Å²) >= 11 is 0. The molecule has 0 unspecified atom stereocenters. The van der Waals surface area contributed by atoms with Gasteiger partial charge in [-0.2, -0.15) is 0 Å². The fourth-order valence-electron chi connectivity index (χ4n) is 2.92. The number of benzene rings is 2. The lowest BCUT2D eigenvalue weighted by atomic mass is 10.0. The minimum Gasteiger partial charge on any atom is -0.493 e. The van der Waals surface area contributed by atoms with Gasteiger partial charge in [0, 0.05) is 10.9 Å². The molecule has 130 valence electrons. The van der Waals surface area contributed by atoms with Crippen molar-refractivity contribution in [3.63, 3.8) is 0 Å². The van der Waals surface area contributed by atoms with Crippen LogP contribution >= 0.6 is 0 Å². The number of hydrogen-bond acceptors (Lipinski definition) is 3. The second-order valence-corrected chi connectivity index (χ2v) is 5.51. The van der Waals surface area contributed by atoms with E-state index < -0.39 is 11.8 Å². The fourth-order valence-corrected chi connectivity index (χ4v) is 2.92. The Bertz CT molecular complexity index is 933. The van der Waals surface area contributed by atoms with Gasteiger partial charge in [-0.1, -0.05) is 12.1 Å². The van der Waals surface area contributed by atoms with Gasteiger partial charge >= 0.3 is 5.97 Å². The summed E-state index contributed by atoms with van der Waals surface area (Å²) in [5.74, 6) is -0.284. The maximum atomic E-state index is 14.1.